The number of hydrogen-bond donors (Lipinski definition) is 1. The van der Waals surface area contributed by atoms with E-state index in [-0.39, 0.29) is 5.78 Å². The van der Waals surface area contributed by atoms with Gasteiger partial charge in [-0.05, 0) is 22.9 Å². The summed E-state index contributed by atoms with van der Waals surface area (Å²) in [5.41, 5.74) is 1.63. The number of ether oxygens (including phenoxy) is 1. The molecular formula is C21H17NO3. The largest absolute Gasteiger partial charge is 0.465 e. The topological polar surface area (TPSA) is 55.4 Å². The molecule has 0 atom stereocenters. The zero-order chi connectivity index (χ0) is 17.6. The monoisotopic (exact) mass is 331 g/mol. The maximum Gasteiger partial charge on any atom is 0.339 e. The van der Waals surface area contributed by atoms with Crippen LogP contribution in [0.1, 0.15) is 20.7 Å². The summed E-state index contributed by atoms with van der Waals surface area (Å²) in [6.45, 7) is 0. The third-order valence-corrected chi connectivity index (χ3v) is 3.86. The molecule has 0 radical (unpaired) electrons. The van der Waals surface area contributed by atoms with Gasteiger partial charge in [0.15, 0.2) is 5.78 Å². The van der Waals surface area contributed by atoms with Gasteiger partial charge in [0.25, 0.3) is 0 Å². The molecule has 0 fully saturated rings. The van der Waals surface area contributed by atoms with Crippen molar-refractivity contribution >= 4 is 28.2 Å². The molecule has 0 saturated heterocycles. The summed E-state index contributed by atoms with van der Waals surface area (Å²) in [6, 6.07) is 20.4. The Bertz CT molecular complexity index is 955. The normalized spacial score (nSPS) is 10.8. The number of hydrogen-bond acceptors (Lipinski definition) is 4. The average molecular weight is 331 g/mol. The summed E-state index contributed by atoms with van der Waals surface area (Å²) in [7, 11) is 1.33. The van der Waals surface area contributed by atoms with Crippen LogP contribution in [0.15, 0.2) is 79.0 Å². The predicted molar refractivity (Wildman–Crippen MR) is 98.8 cm³/mol. The molecule has 1 N–H and O–H groups in total. The second-order valence-electron chi connectivity index (χ2n) is 5.41. The van der Waals surface area contributed by atoms with Crippen molar-refractivity contribution in [2.75, 3.05) is 12.4 Å². The smallest absolute Gasteiger partial charge is 0.339 e. The number of carbonyl (C=O) groups excluding carboxylic acids is 2. The van der Waals surface area contributed by atoms with Crippen LogP contribution < -0.4 is 5.32 Å². The maximum absolute atomic E-state index is 12.5. The van der Waals surface area contributed by atoms with Crippen molar-refractivity contribution in [3.05, 3.63) is 90.1 Å². The van der Waals surface area contributed by atoms with Crippen LogP contribution in [0.2, 0.25) is 0 Å². The van der Waals surface area contributed by atoms with E-state index in [9.17, 15) is 9.59 Å². The minimum atomic E-state index is -0.433. The fraction of sp³-hybridized carbons (Fsp3) is 0.0476. The molecular weight excluding hydrogens is 314 g/mol. The number of benzene rings is 3. The summed E-state index contributed by atoms with van der Waals surface area (Å²) >= 11 is 0. The summed E-state index contributed by atoms with van der Waals surface area (Å²) in [5, 5.41) is 4.91. The summed E-state index contributed by atoms with van der Waals surface area (Å²) in [4.78, 5) is 24.3. The number of methoxy groups -OCH3 is 1. The van der Waals surface area contributed by atoms with Crippen molar-refractivity contribution in [1.29, 1.82) is 0 Å². The number of fused-ring (bicyclic) bond motifs is 1. The molecule has 0 amide bonds. The number of ketones is 1. The van der Waals surface area contributed by atoms with Crippen molar-refractivity contribution < 1.29 is 14.3 Å². The Morgan fingerprint density at radius 2 is 1.56 bits per heavy atom. The molecule has 0 aliphatic heterocycles. The third-order valence-electron chi connectivity index (χ3n) is 3.86. The maximum atomic E-state index is 12.5. The summed E-state index contributed by atoms with van der Waals surface area (Å²) in [6.07, 6.45) is 2.99. The van der Waals surface area contributed by atoms with Crippen molar-refractivity contribution in [3.63, 3.8) is 0 Å². The lowest BCUT2D eigenvalue weighted by atomic mass is 10.0. The molecule has 0 heterocycles. The van der Waals surface area contributed by atoms with E-state index in [2.05, 4.69) is 5.32 Å². The Labute approximate surface area is 145 Å². The van der Waals surface area contributed by atoms with E-state index in [0.717, 1.165) is 10.8 Å². The average Bonchev–Trinajstić information content (AvgIpc) is 2.67. The molecule has 124 valence electrons. The highest BCUT2D eigenvalue weighted by Gasteiger charge is 2.10. The molecule has 25 heavy (non-hydrogen) atoms. The number of carbonyl (C=O) groups is 2. The lowest BCUT2D eigenvalue weighted by Crippen LogP contribution is -2.05. The minimum Gasteiger partial charge on any atom is -0.465 e. The molecule has 0 aliphatic carbocycles. The van der Waals surface area contributed by atoms with E-state index in [0.29, 0.717) is 16.8 Å². The number of esters is 1. The molecule has 0 aromatic heterocycles. The molecule has 4 nitrogen and oxygen atoms in total. The highest BCUT2D eigenvalue weighted by Crippen LogP contribution is 2.20. The fourth-order valence-corrected chi connectivity index (χ4v) is 2.63. The van der Waals surface area contributed by atoms with Crippen molar-refractivity contribution in [2.24, 2.45) is 0 Å². The number of rotatable bonds is 5. The van der Waals surface area contributed by atoms with Crippen LogP contribution in [0.4, 0.5) is 5.69 Å². The third kappa shape index (κ3) is 3.58. The molecule has 4 heteroatoms. The predicted octanol–water partition coefficient (Wildman–Crippen LogP) is 4.43. The number of para-hydroxylation sites is 1. The summed E-state index contributed by atoms with van der Waals surface area (Å²) in [5.74, 6) is -0.545. The van der Waals surface area contributed by atoms with Gasteiger partial charge in [-0.15, -0.1) is 0 Å². The van der Waals surface area contributed by atoms with Gasteiger partial charge in [-0.1, -0.05) is 54.6 Å². The van der Waals surface area contributed by atoms with E-state index in [4.69, 9.17) is 4.74 Å². The van der Waals surface area contributed by atoms with Gasteiger partial charge in [0.2, 0.25) is 0 Å². The Morgan fingerprint density at radius 3 is 2.40 bits per heavy atom. The van der Waals surface area contributed by atoms with E-state index in [1.807, 2.05) is 36.4 Å². The van der Waals surface area contributed by atoms with Gasteiger partial charge in [0, 0.05) is 17.8 Å². The first-order chi connectivity index (χ1) is 12.2. The number of anilines is 1. The number of allylic oxidation sites excluding steroid dienone is 1. The van der Waals surface area contributed by atoms with Gasteiger partial charge < -0.3 is 10.1 Å². The van der Waals surface area contributed by atoms with Crippen LogP contribution >= 0.6 is 0 Å². The minimum absolute atomic E-state index is 0.111. The molecule has 3 aromatic rings. The van der Waals surface area contributed by atoms with Gasteiger partial charge in [0.1, 0.15) is 0 Å². The lowest BCUT2D eigenvalue weighted by Gasteiger charge is -2.07. The second kappa shape index (κ2) is 7.45. The Kier molecular flexibility index (Phi) is 4.90. The van der Waals surface area contributed by atoms with Crippen LogP contribution in [-0.4, -0.2) is 18.9 Å². The van der Waals surface area contributed by atoms with Gasteiger partial charge >= 0.3 is 5.97 Å². The van der Waals surface area contributed by atoms with Crippen LogP contribution in [0, 0.1) is 0 Å². The van der Waals surface area contributed by atoms with E-state index < -0.39 is 5.97 Å². The van der Waals surface area contributed by atoms with E-state index >= 15 is 0 Å². The molecule has 3 aromatic carbocycles. The van der Waals surface area contributed by atoms with Crippen molar-refractivity contribution in [1.82, 2.24) is 0 Å². The molecule has 0 unspecified atom stereocenters. The van der Waals surface area contributed by atoms with Crippen LogP contribution in [-0.2, 0) is 4.74 Å². The number of nitrogens with one attached hydrogen (secondary N) is 1. The van der Waals surface area contributed by atoms with Gasteiger partial charge in [-0.3, -0.25) is 4.79 Å². The van der Waals surface area contributed by atoms with Crippen molar-refractivity contribution in [2.45, 2.75) is 0 Å². The zero-order valence-electron chi connectivity index (χ0n) is 13.7. The lowest BCUT2D eigenvalue weighted by molar-refractivity contribution is 0.0601. The zero-order valence-corrected chi connectivity index (χ0v) is 13.7. The first-order valence-electron chi connectivity index (χ1n) is 7.83. The van der Waals surface area contributed by atoms with Gasteiger partial charge in [0.05, 0.1) is 18.4 Å². The molecule has 3 rings (SSSR count). The second-order valence-corrected chi connectivity index (χ2v) is 5.41. The van der Waals surface area contributed by atoms with E-state index in [1.54, 1.807) is 30.3 Å². The van der Waals surface area contributed by atoms with Crippen LogP contribution in [0.3, 0.4) is 0 Å². The molecule has 0 spiro atoms. The Balaban J connectivity index is 1.81. The quantitative estimate of drug-likeness (QED) is 0.427. The SMILES string of the molecule is COC(=O)c1ccccc1N/C=C\C(=O)c1cccc2ccccc12. The van der Waals surface area contributed by atoms with Gasteiger partial charge in [-0.25, -0.2) is 4.79 Å². The van der Waals surface area contributed by atoms with Crippen LogP contribution in [0.5, 0.6) is 0 Å². The first kappa shape index (κ1) is 16.5. The standard InChI is InChI=1S/C21H17NO3/c1-25-21(24)18-10-4-5-12-19(18)22-14-13-20(23)17-11-6-8-15-7-2-3-9-16(15)17/h2-14,22H,1H3/b14-13-. The van der Waals surface area contributed by atoms with Gasteiger partial charge in [-0.2, -0.15) is 0 Å². The Morgan fingerprint density at radius 1 is 0.880 bits per heavy atom. The first-order valence-corrected chi connectivity index (χ1v) is 7.83. The highest BCUT2D eigenvalue weighted by atomic mass is 16.5. The fourth-order valence-electron chi connectivity index (χ4n) is 2.63. The molecule has 0 saturated carbocycles. The van der Waals surface area contributed by atoms with E-state index in [1.165, 1.54) is 19.4 Å². The molecule has 0 bridgehead atoms. The molecule has 0 aliphatic rings. The highest BCUT2D eigenvalue weighted by molar-refractivity contribution is 6.13. The Hall–Kier alpha value is -3.40. The summed E-state index contributed by atoms with van der Waals surface area (Å²) < 4.78 is 4.75. The van der Waals surface area contributed by atoms with Crippen molar-refractivity contribution in [3.8, 4) is 0 Å². The van der Waals surface area contributed by atoms with Crippen LogP contribution in [0.25, 0.3) is 10.8 Å².